The first kappa shape index (κ1) is 19.5. The highest BCUT2D eigenvalue weighted by Gasteiger charge is 2.36. The number of likely N-dealkylation sites (tertiary alicyclic amines) is 1. The zero-order chi connectivity index (χ0) is 21.8. The van der Waals surface area contributed by atoms with Gasteiger partial charge in [-0.15, -0.1) is 0 Å². The van der Waals surface area contributed by atoms with Crippen LogP contribution in [0.15, 0.2) is 35.3 Å². The van der Waals surface area contributed by atoms with Gasteiger partial charge in [-0.3, -0.25) is 14.3 Å². The number of carbonyl (C=O) groups is 1. The molecule has 8 nitrogen and oxygen atoms in total. The number of fused-ring (bicyclic) bond motifs is 3. The van der Waals surface area contributed by atoms with E-state index in [1.165, 1.54) is 12.8 Å². The molecule has 4 heterocycles. The molecule has 2 aromatic heterocycles. The number of aromatic amines is 1. The fourth-order valence-corrected chi connectivity index (χ4v) is 4.98. The quantitative estimate of drug-likeness (QED) is 0.645. The van der Waals surface area contributed by atoms with Crippen LogP contribution in [-0.2, 0) is 11.3 Å². The number of morpholine rings is 1. The third-order valence-electron chi connectivity index (χ3n) is 6.85. The van der Waals surface area contributed by atoms with Crippen molar-refractivity contribution in [2.75, 3.05) is 18.4 Å². The molecule has 8 heteroatoms. The minimum absolute atomic E-state index is 0.0601. The van der Waals surface area contributed by atoms with Gasteiger partial charge in [-0.05, 0) is 68.4 Å². The molecule has 0 spiro atoms. The number of carbonyl (C=O) groups excluding carboxylic acids is 1. The third kappa shape index (κ3) is 3.48. The average Bonchev–Trinajstić information content (AvgIpc) is 3.44. The van der Waals surface area contributed by atoms with E-state index in [1.54, 1.807) is 6.20 Å². The number of nitrogens with zero attached hydrogens (tertiary/aromatic N) is 3. The van der Waals surface area contributed by atoms with Crippen molar-refractivity contribution in [3.8, 4) is 0 Å². The summed E-state index contributed by atoms with van der Waals surface area (Å²) in [7, 11) is 0. The van der Waals surface area contributed by atoms with Crippen molar-refractivity contribution >= 4 is 28.3 Å². The van der Waals surface area contributed by atoms with Crippen molar-refractivity contribution in [3.63, 3.8) is 0 Å². The number of aromatic nitrogens is 3. The lowest BCUT2D eigenvalue weighted by molar-refractivity contribution is -0.0303. The predicted molar refractivity (Wildman–Crippen MR) is 121 cm³/mol. The highest BCUT2D eigenvalue weighted by Crippen LogP contribution is 2.33. The van der Waals surface area contributed by atoms with Crippen LogP contribution in [-0.4, -0.2) is 50.9 Å². The molecule has 2 bridgehead atoms. The monoisotopic (exact) mass is 433 g/mol. The Hall–Kier alpha value is -3.13. The molecule has 1 aliphatic carbocycles. The van der Waals surface area contributed by atoms with Crippen LogP contribution in [0.4, 0.5) is 11.5 Å². The Morgan fingerprint density at radius 2 is 1.97 bits per heavy atom. The van der Waals surface area contributed by atoms with E-state index in [2.05, 4.69) is 10.3 Å². The van der Waals surface area contributed by atoms with E-state index in [4.69, 9.17) is 9.84 Å². The van der Waals surface area contributed by atoms with Crippen molar-refractivity contribution in [2.45, 2.75) is 51.4 Å². The predicted octanol–water partition coefficient (Wildman–Crippen LogP) is 3.19. The van der Waals surface area contributed by atoms with Crippen molar-refractivity contribution in [2.24, 2.45) is 5.92 Å². The highest BCUT2D eigenvalue weighted by molar-refractivity contribution is 5.97. The number of H-pyrrole nitrogens is 1. The fraction of sp³-hybridized carbons (Fsp3) is 0.458. The Kier molecular flexibility index (Phi) is 4.57. The van der Waals surface area contributed by atoms with Crippen LogP contribution >= 0.6 is 0 Å². The molecular weight excluding hydrogens is 406 g/mol. The molecule has 2 unspecified atom stereocenters. The molecule has 2 atom stereocenters. The number of amides is 1. The average molecular weight is 434 g/mol. The maximum absolute atomic E-state index is 13.1. The standard InChI is InChI=1S/C24H27N5O3/c1-14-10-16(4-7-19(14)24(31)28-12-17-5-6-18(13-28)32-17)26-22-21-20(8-9-25-23(21)30)29(27-22)11-15-2-3-15/h4,7-10,15,17-18H,2-3,5-6,11-13H2,1H3,(H,25,30)(H,26,27). The smallest absolute Gasteiger partial charge is 0.261 e. The number of rotatable bonds is 5. The molecule has 3 aromatic rings. The summed E-state index contributed by atoms with van der Waals surface area (Å²) in [6, 6.07) is 7.61. The van der Waals surface area contributed by atoms with Gasteiger partial charge in [0.25, 0.3) is 11.5 Å². The van der Waals surface area contributed by atoms with Gasteiger partial charge >= 0.3 is 0 Å². The molecule has 1 aromatic carbocycles. The lowest BCUT2D eigenvalue weighted by Gasteiger charge is -2.32. The normalized spacial score (nSPS) is 22.5. The summed E-state index contributed by atoms with van der Waals surface area (Å²) in [6.07, 6.45) is 6.53. The maximum atomic E-state index is 13.1. The van der Waals surface area contributed by atoms with Crippen LogP contribution in [0.25, 0.3) is 10.9 Å². The van der Waals surface area contributed by atoms with Gasteiger partial charge in [-0.25, -0.2) is 0 Å². The van der Waals surface area contributed by atoms with Gasteiger partial charge in [0.15, 0.2) is 5.82 Å². The zero-order valence-corrected chi connectivity index (χ0v) is 18.1. The molecule has 1 saturated carbocycles. The lowest BCUT2D eigenvalue weighted by Crippen LogP contribution is -2.46. The second-order valence-electron chi connectivity index (χ2n) is 9.36. The van der Waals surface area contributed by atoms with E-state index in [0.29, 0.717) is 35.8 Å². The number of nitrogens with one attached hydrogen (secondary N) is 2. The van der Waals surface area contributed by atoms with E-state index in [0.717, 1.165) is 36.2 Å². The van der Waals surface area contributed by atoms with Gasteiger partial charge in [-0.2, -0.15) is 5.10 Å². The van der Waals surface area contributed by atoms with E-state index in [-0.39, 0.29) is 23.7 Å². The Labute approximate surface area is 185 Å². The summed E-state index contributed by atoms with van der Waals surface area (Å²) < 4.78 is 7.80. The van der Waals surface area contributed by atoms with Crippen molar-refractivity contribution in [3.05, 3.63) is 51.9 Å². The molecule has 3 fully saturated rings. The zero-order valence-electron chi connectivity index (χ0n) is 18.1. The number of anilines is 2. The number of aryl methyl sites for hydroxylation is 1. The Morgan fingerprint density at radius 1 is 1.19 bits per heavy atom. The van der Waals surface area contributed by atoms with Gasteiger partial charge in [0, 0.05) is 37.1 Å². The third-order valence-corrected chi connectivity index (χ3v) is 6.85. The van der Waals surface area contributed by atoms with Gasteiger partial charge in [0.05, 0.1) is 17.7 Å². The summed E-state index contributed by atoms with van der Waals surface area (Å²) in [6.45, 7) is 4.11. The van der Waals surface area contributed by atoms with Gasteiger partial charge in [0.2, 0.25) is 0 Å². The SMILES string of the molecule is Cc1cc(Nc2nn(CC3CC3)c3cc[nH]c(=O)c23)ccc1C(=O)N1CC2CCC(C1)O2. The molecule has 2 N–H and O–H groups in total. The van der Waals surface area contributed by atoms with Crippen molar-refractivity contribution < 1.29 is 9.53 Å². The van der Waals surface area contributed by atoms with Crippen LogP contribution < -0.4 is 10.9 Å². The molecule has 3 aliphatic rings. The fourth-order valence-electron chi connectivity index (χ4n) is 4.98. The number of hydrogen-bond donors (Lipinski definition) is 2. The highest BCUT2D eigenvalue weighted by atomic mass is 16.5. The number of hydrogen-bond acceptors (Lipinski definition) is 5. The lowest BCUT2D eigenvalue weighted by atomic mass is 10.1. The molecule has 2 saturated heterocycles. The Morgan fingerprint density at radius 3 is 2.69 bits per heavy atom. The van der Waals surface area contributed by atoms with Crippen LogP contribution in [0.5, 0.6) is 0 Å². The first-order valence-electron chi connectivity index (χ1n) is 11.5. The van der Waals surface area contributed by atoms with E-state index >= 15 is 0 Å². The van der Waals surface area contributed by atoms with Crippen LogP contribution in [0.3, 0.4) is 0 Å². The van der Waals surface area contributed by atoms with Gasteiger partial charge < -0.3 is 19.9 Å². The van der Waals surface area contributed by atoms with Crippen LogP contribution in [0.1, 0.15) is 41.6 Å². The first-order valence-corrected chi connectivity index (χ1v) is 11.5. The van der Waals surface area contributed by atoms with E-state index in [9.17, 15) is 9.59 Å². The minimum atomic E-state index is -0.155. The molecule has 1 amide bonds. The summed E-state index contributed by atoms with van der Waals surface area (Å²) in [5, 5.41) is 8.59. The van der Waals surface area contributed by atoms with Crippen molar-refractivity contribution in [1.29, 1.82) is 0 Å². The molecule has 166 valence electrons. The minimum Gasteiger partial charge on any atom is -0.371 e. The summed E-state index contributed by atoms with van der Waals surface area (Å²) >= 11 is 0. The molecule has 32 heavy (non-hydrogen) atoms. The Bertz CT molecular complexity index is 1250. The van der Waals surface area contributed by atoms with Crippen molar-refractivity contribution in [1.82, 2.24) is 19.7 Å². The summed E-state index contributed by atoms with van der Waals surface area (Å²) in [5.41, 5.74) is 3.10. The van der Waals surface area contributed by atoms with Gasteiger partial charge in [0.1, 0.15) is 5.39 Å². The van der Waals surface area contributed by atoms with Crippen LogP contribution in [0.2, 0.25) is 0 Å². The van der Waals surface area contributed by atoms with Gasteiger partial charge in [-0.1, -0.05) is 0 Å². The molecule has 2 aliphatic heterocycles. The second-order valence-corrected chi connectivity index (χ2v) is 9.36. The van der Waals surface area contributed by atoms with E-state index in [1.807, 2.05) is 40.8 Å². The molecule has 6 rings (SSSR count). The first-order chi connectivity index (χ1) is 15.5. The van der Waals surface area contributed by atoms with E-state index < -0.39 is 0 Å². The molecular formula is C24H27N5O3. The molecule has 0 radical (unpaired) electrons. The number of benzene rings is 1. The summed E-state index contributed by atoms with van der Waals surface area (Å²) in [4.78, 5) is 30.3. The maximum Gasteiger partial charge on any atom is 0.261 e. The number of ether oxygens (including phenoxy) is 1. The Balaban J connectivity index is 1.27. The largest absolute Gasteiger partial charge is 0.371 e. The summed E-state index contributed by atoms with van der Waals surface area (Å²) in [5.74, 6) is 1.25. The second kappa shape index (κ2) is 7.48. The topological polar surface area (TPSA) is 92.2 Å². The number of pyridine rings is 1. The van der Waals surface area contributed by atoms with Crippen LogP contribution in [0, 0.1) is 12.8 Å².